The number of rotatable bonds is 3. The molecule has 0 radical (unpaired) electrons. The van der Waals surface area contributed by atoms with Gasteiger partial charge in [0.25, 0.3) is 5.91 Å². The number of hydrogen-bond donors (Lipinski definition) is 0. The van der Waals surface area contributed by atoms with Crippen LogP contribution in [0.15, 0.2) is 42.5 Å². The Kier molecular flexibility index (Phi) is 5.22. The Morgan fingerprint density at radius 2 is 1.53 bits per heavy atom. The molecule has 1 aliphatic heterocycles. The highest BCUT2D eigenvalue weighted by atomic mass is 16.5. The minimum Gasteiger partial charge on any atom is -0.452 e. The molecular formula is C23H21NO6. The minimum absolute atomic E-state index is 0.0168. The Labute approximate surface area is 173 Å². The summed E-state index contributed by atoms with van der Waals surface area (Å²) >= 11 is 0. The van der Waals surface area contributed by atoms with E-state index in [0.717, 1.165) is 0 Å². The van der Waals surface area contributed by atoms with E-state index in [2.05, 4.69) is 0 Å². The van der Waals surface area contributed by atoms with Gasteiger partial charge in [0.2, 0.25) is 0 Å². The van der Waals surface area contributed by atoms with E-state index in [4.69, 9.17) is 9.47 Å². The number of nitrogens with zero attached hydrogens (tertiary/aromatic N) is 1. The second-order valence-corrected chi connectivity index (χ2v) is 7.56. The molecule has 7 nitrogen and oxygen atoms in total. The van der Waals surface area contributed by atoms with Gasteiger partial charge >= 0.3 is 5.97 Å². The van der Waals surface area contributed by atoms with Crippen LogP contribution in [0.1, 0.15) is 56.0 Å². The summed E-state index contributed by atoms with van der Waals surface area (Å²) in [6.45, 7) is 4.15. The number of amides is 1. The Bertz CT molecular complexity index is 1050. The molecule has 2 aromatic carbocycles. The van der Waals surface area contributed by atoms with Crippen molar-refractivity contribution in [1.82, 2.24) is 4.90 Å². The second-order valence-electron chi connectivity index (χ2n) is 7.56. The van der Waals surface area contributed by atoms with Gasteiger partial charge < -0.3 is 14.4 Å². The maximum Gasteiger partial charge on any atom is 0.339 e. The smallest absolute Gasteiger partial charge is 0.339 e. The Morgan fingerprint density at radius 1 is 0.933 bits per heavy atom. The first-order valence-electron chi connectivity index (χ1n) is 9.78. The zero-order valence-electron chi connectivity index (χ0n) is 16.7. The van der Waals surface area contributed by atoms with Crippen LogP contribution < -0.4 is 0 Å². The van der Waals surface area contributed by atoms with Crippen LogP contribution in [0.4, 0.5) is 0 Å². The Balaban J connectivity index is 1.54. The van der Waals surface area contributed by atoms with Gasteiger partial charge in [-0.3, -0.25) is 14.4 Å². The average Bonchev–Trinajstić information content (AvgIpc) is 2.74. The number of hydrogen-bond acceptors (Lipinski definition) is 6. The van der Waals surface area contributed by atoms with E-state index >= 15 is 0 Å². The number of carbonyl (C=O) groups is 4. The molecule has 0 spiro atoms. The van der Waals surface area contributed by atoms with Crippen molar-refractivity contribution in [3.63, 3.8) is 0 Å². The molecule has 1 heterocycles. The summed E-state index contributed by atoms with van der Waals surface area (Å²) in [4.78, 5) is 52.5. The van der Waals surface area contributed by atoms with Crippen molar-refractivity contribution in [3.05, 3.63) is 70.3 Å². The topological polar surface area (TPSA) is 90.0 Å². The highest BCUT2D eigenvalue weighted by molar-refractivity contribution is 6.30. The number of fused-ring (bicyclic) bond motifs is 2. The van der Waals surface area contributed by atoms with E-state index in [9.17, 15) is 19.2 Å². The van der Waals surface area contributed by atoms with Crippen molar-refractivity contribution in [2.75, 3.05) is 19.7 Å². The van der Waals surface area contributed by atoms with Gasteiger partial charge in [-0.1, -0.05) is 36.4 Å². The highest BCUT2D eigenvalue weighted by Crippen LogP contribution is 2.29. The van der Waals surface area contributed by atoms with E-state index in [1.54, 1.807) is 29.2 Å². The molecule has 2 aromatic rings. The van der Waals surface area contributed by atoms with Gasteiger partial charge in [-0.15, -0.1) is 0 Å². The maximum absolute atomic E-state index is 13.0. The molecule has 0 aromatic heterocycles. The van der Waals surface area contributed by atoms with Crippen LogP contribution in [0.3, 0.4) is 0 Å². The molecule has 154 valence electrons. The summed E-state index contributed by atoms with van der Waals surface area (Å²) in [7, 11) is 0. The van der Waals surface area contributed by atoms with Gasteiger partial charge in [-0.2, -0.15) is 0 Å². The van der Waals surface area contributed by atoms with E-state index in [-0.39, 0.29) is 46.2 Å². The van der Waals surface area contributed by atoms with E-state index < -0.39 is 18.4 Å². The van der Waals surface area contributed by atoms with Crippen molar-refractivity contribution < 1.29 is 28.7 Å². The van der Waals surface area contributed by atoms with Gasteiger partial charge in [-0.05, 0) is 19.9 Å². The Morgan fingerprint density at radius 3 is 2.20 bits per heavy atom. The monoisotopic (exact) mass is 407 g/mol. The molecule has 1 saturated heterocycles. The minimum atomic E-state index is -0.810. The molecule has 2 aliphatic rings. The van der Waals surface area contributed by atoms with Crippen LogP contribution in [0.5, 0.6) is 0 Å². The van der Waals surface area contributed by atoms with Crippen molar-refractivity contribution in [2.45, 2.75) is 26.1 Å². The number of carbonyl (C=O) groups excluding carboxylic acids is 4. The van der Waals surface area contributed by atoms with Gasteiger partial charge in [0.1, 0.15) is 0 Å². The third kappa shape index (κ3) is 3.52. The summed E-state index contributed by atoms with van der Waals surface area (Å²) in [6, 6.07) is 11.0. The number of ether oxygens (including phenoxy) is 2. The molecule has 7 heteroatoms. The molecule has 1 amide bonds. The predicted octanol–water partition coefficient (Wildman–Crippen LogP) is 2.25. The van der Waals surface area contributed by atoms with Gasteiger partial charge in [-0.25, -0.2) is 4.79 Å². The molecule has 1 fully saturated rings. The lowest BCUT2D eigenvalue weighted by atomic mass is 9.82. The molecule has 2 atom stereocenters. The number of ketones is 2. The third-order valence-corrected chi connectivity index (χ3v) is 5.27. The Hall–Kier alpha value is -3.32. The summed E-state index contributed by atoms with van der Waals surface area (Å²) < 4.78 is 10.8. The molecule has 0 saturated carbocycles. The lowest BCUT2D eigenvalue weighted by Crippen LogP contribution is -2.49. The fourth-order valence-corrected chi connectivity index (χ4v) is 3.99. The van der Waals surface area contributed by atoms with E-state index in [1.165, 1.54) is 18.2 Å². The number of esters is 1. The molecule has 1 aliphatic carbocycles. The number of benzene rings is 2. The van der Waals surface area contributed by atoms with Crippen LogP contribution in [0.25, 0.3) is 0 Å². The van der Waals surface area contributed by atoms with E-state index in [1.807, 2.05) is 13.8 Å². The molecular weight excluding hydrogens is 386 g/mol. The summed E-state index contributed by atoms with van der Waals surface area (Å²) in [5, 5.41) is 0. The van der Waals surface area contributed by atoms with Gasteiger partial charge in [0.05, 0.1) is 17.8 Å². The van der Waals surface area contributed by atoms with Crippen LogP contribution in [0.2, 0.25) is 0 Å². The number of morpholine rings is 1. The fraction of sp³-hybridized carbons (Fsp3) is 0.304. The largest absolute Gasteiger partial charge is 0.452 e. The first kappa shape index (κ1) is 20.0. The van der Waals surface area contributed by atoms with Crippen LogP contribution >= 0.6 is 0 Å². The van der Waals surface area contributed by atoms with Crippen molar-refractivity contribution in [3.8, 4) is 0 Å². The standard InChI is InChI=1S/C23H21NO6/c1-13-10-24(11-14(2)30-13)19(25)12-29-23(28)18-9-5-8-17-20(18)22(27)16-7-4-3-6-15(16)21(17)26/h3-9,13-14H,10-12H2,1-2H3/t13-,14+. The van der Waals surface area contributed by atoms with Gasteiger partial charge in [0, 0.05) is 35.3 Å². The van der Waals surface area contributed by atoms with Crippen LogP contribution in [-0.4, -0.2) is 60.2 Å². The average molecular weight is 407 g/mol. The lowest BCUT2D eigenvalue weighted by molar-refractivity contribution is -0.146. The summed E-state index contributed by atoms with van der Waals surface area (Å²) in [6.07, 6.45) is -0.198. The van der Waals surface area contributed by atoms with Crippen LogP contribution in [-0.2, 0) is 14.3 Å². The predicted molar refractivity (Wildman–Crippen MR) is 107 cm³/mol. The molecule has 4 rings (SSSR count). The second kappa shape index (κ2) is 7.84. The van der Waals surface area contributed by atoms with E-state index in [0.29, 0.717) is 18.7 Å². The van der Waals surface area contributed by atoms with Crippen LogP contribution in [0, 0.1) is 0 Å². The molecule has 0 bridgehead atoms. The molecule has 0 unspecified atom stereocenters. The van der Waals surface area contributed by atoms with Crippen molar-refractivity contribution >= 4 is 23.4 Å². The summed E-state index contributed by atoms with van der Waals surface area (Å²) in [5.41, 5.74) is 0.730. The first-order chi connectivity index (χ1) is 14.4. The zero-order valence-corrected chi connectivity index (χ0v) is 16.7. The van der Waals surface area contributed by atoms with Crippen molar-refractivity contribution in [2.24, 2.45) is 0 Å². The zero-order chi connectivity index (χ0) is 21.4. The fourth-order valence-electron chi connectivity index (χ4n) is 3.99. The quantitative estimate of drug-likeness (QED) is 0.619. The summed E-state index contributed by atoms with van der Waals surface area (Å²) in [5.74, 6) is -1.87. The first-order valence-corrected chi connectivity index (χ1v) is 9.78. The molecule has 30 heavy (non-hydrogen) atoms. The third-order valence-electron chi connectivity index (χ3n) is 5.27. The van der Waals surface area contributed by atoms with Gasteiger partial charge in [0.15, 0.2) is 18.2 Å². The molecule has 0 N–H and O–H groups in total. The normalized spacial score (nSPS) is 20.4. The SMILES string of the molecule is C[C@@H]1CN(C(=O)COC(=O)c2cccc3c2C(=O)c2ccccc2C3=O)C[C@H](C)O1. The lowest BCUT2D eigenvalue weighted by Gasteiger charge is -2.35. The maximum atomic E-state index is 13.0. The van der Waals surface area contributed by atoms with Crippen molar-refractivity contribution in [1.29, 1.82) is 0 Å². The highest BCUT2D eigenvalue weighted by Gasteiger charge is 2.33.